The number of alkyl halides is 1. The Hall–Kier alpha value is -3.44. The largest absolute Gasteiger partial charge is 0.461 e. The first kappa shape index (κ1) is 29.0. The number of aromatic amines is 1. The highest BCUT2D eigenvalue weighted by Crippen LogP contribution is 2.42. The van der Waals surface area contributed by atoms with Gasteiger partial charge in [-0.05, 0) is 75.6 Å². The molecule has 0 radical (unpaired) electrons. The predicted octanol–water partition coefficient (Wildman–Crippen LogP) is 5.81. The van der Waals surface area contributed by atoms with E-state index < -0.39 is 17.6 Å². The maximum Gasteiger partial charge on any atom is 0.319 e. The van der Waals surface area contributed by atoms with Gasteiger partial charge in [0.15, 0.2) is 5.82 Å². The van der Waals surface area contributed by atoms with Crippen LogP contribution in [0.5, 0.6) is 6.01 Å². The van der Waals surface area contributed by atoms with Crippen molar-refractivity contribution >= 4 is 27.6 Å². The van der Waals surface area contributed by atoms with Gasteiger partial charge in [0.05, 0.1) is 28.2 Å². The summed E-state index contributed by atoms with van der Waals surface area (Å²) in [6.07, 6.45) is 11.8. The van der Waals surface area contributed by atoms with Crippen molar-refractivity contribution in [2.75, 3.05) is 37.7 Å². The van der Waals surface area contributed by atoms with E-state index in [9.17, 15) is 9.50 Å². The summed E-state index contributed by atoms with van der Waals surface area (Å²) >= 11 is 0. The molecule has 11 heteroatoms. The molecule has 5 aliphatic rings. The van der Waals surface area contributed by atoms with Crippen molar-refractivity contribution in [2.45, 2.75) is 94.9 Å². The van der Waals surface area contributed by atoms with Crippen molar-refractivity contribution in [3.8, 4) is 17.3 Å². The predicted molar refractivity (Wildman–Crippen MR) is 169 cm³/mol. The number of ether oxygens (including phenoxy) is 1. The molecule has 3 saturated heterocycles. The summed E-state index contributed by atoms with van der Waals surface area (Å²) in [5.74, 6) is -0.00767. The van der Waals surface area contributed by atoms with Crippen molar-refractivity contribution in [2.24, 2.45) is 0 Å². The molecular weight excluding hydrogens is 576 g/mol. The molecule has 3 aromatic heterocycles. The molecule has 3 fully saturated rings. The smallest absolute Gasteiger partial charge is 0.319 e. The van der Waals surface area contributed by atoms with Crippen LogP contribution in [0.2, 0.25) is 0 Å². The molecule has 9 rings (SSSR count). The van der Waals surface area contributed by atoms with Crippen LogP contribution in [0, 0.1) is 12.7 Å². The van der Waals surface area contributed by atoms with E-state index in [-0.39, 0.29) is 29.4 Å². The van der Waals surface area contributed by atoms with Gasteiger partial charge in [0.2, 0.25) is 0 Å². The van der Waals surface area contributed by atoms with E-state index in [0.717, 1.165) is 91.9 Å². The minimum atomic E-state index is -0.880. The number of halogens is 2. The zero-order valence-electron chi connectivity index (χ0n) is 25.9. The molecule has 238 valence electrons. The van der Waals surface area contributed by atoms with Crippen LogP contribution in [0.1, 0.15) is 75.3 Å². The zero-order chi connectivity index (χ0) is 30.8. The van der Waals surface area contributed by atoms with E-state index in [4.69, 9.17) is 14.7 Å². The first-order chi connectivity index (χ1) is 21.8. The molecule has 5 aliphatic heterocycles. The third kappa shape index (κ3) is 5.02. The Balaban J connectivity index is 1.29. The molecule has 0 aliphatic carbocycles. The third-order valence-electron chi connectivity index (χ3n) is 10.9. The number of anilines is 1. The molecule has 3 atom stereocenters. The van der Waals surface area contributed by atoms with Crippen molar-refractivity contribution in [3.63, 3.8) is 0 Å². The molecule has 4 aromatic rings. The highest BCUT2D eigenvalue weighted by atomic mass is 19.1. The van der Waals surface area contributed by atoms with Crippen LogP contribution in [0.3, 0.4) is 0 Å². The summed E-state index contributed by atoms with van der Waals surface area (Å²) in [6.45, 7) is 4.66. The molecule has 8 heterocycles. The number of nitrogens with zero attached hydrogens (tertiary/aromatic N) is 6. The number of aliphatic hydroxyl groups is 1. The number of hydrogen-bond donors (Lipinski definition) is 2. The number of aryl methyl sites for hydroxylation is 1. The number of hydrogen-bond acceptors (Lipinski definition) is 8. The number of aromatic nitrogens is 5. The van der Waals surface area contributed by atoms with Gasteiger partial charge in [-0.3, -0.25) is 15.0 Å². The highest BCUT2D eigenvalue weighted by Gasteiger charge is 2.49. The molecule has 0 saturated carbocycles. The molecular formula is C34H41F2N7O2. The first-order valence-electron chi connectivity index (χ1n) is 16.6. The molecule has 0 unspecified atom stereocenters. The van der Waals surface area contributed by atoms with Gasteiger partial charge in [-0.15, -0.1) is 0 Å². The summed E-state index contributed by atoms with van der Waals surface area (Å²) in [6, 6.07) is 2.15. The number of nitrogens with one attached hydrogen (secondary N) is 1. The number of pyridine rings is 1. The van der Waals surface area contributed by atoms with Crippen LogP contribution in [0.15, 0.2) is 18.5 Å². The average molecular weight is 618 g/mol. The van der Waals surface area contributed by atoms with E-state index in [1.54, 1.807) is 12.4 Å². The lowest BCUT2D eigenvalue weighted by Gasteiger charge is -2.40. The normalized spacial score (nSPS) is 27.5. The topological polar surface area (TPSA) is 103 Å². The molecule has 9 nitrogen and oxygen atoms in total. The number of H-pyrrole nitrogens is 1. The van der Waals surface area contributed by atoms with Crippen LogP contribution < -0.4 is 9.64 Å². The Morgan fingerprint density at radius 2 is 1.89 bits per heavy atom. The molecule has 2 N–H and O–H groups in total. The first-order valence-corrected chi connectivity index (χ1v) is 16.6. The summed E-state index contributed by atoms with van der Waals surface area (Å²) in [5.41, 5.74) is 2.86. The fourth-order valence-electron chi connectivity index (χ4n) is 8.62. The second-order valence-electron chi connectivity index (χ2n) is 13.9. The second-order valence-corrected chi connectivity index (χ2v) is 13.9. The van der Waals surface area contributed by atoms with E-state index in [0.29, 0.717) is 43.7 Å². The monoisotopic (exact) mass is 617 g/mol. The Labute approximate surface area is 261 Å². The second kappa shape index (κ2) is 11.1. The van der Waals surface area contributed by atoms with E-state index in [2.05, 4.69) is 33.1 Å². The van der Waals surface area contributed by atoms with Gasteiger partial charge >= 0.3 is 6.01 Å². The zero-order valence-corrected chi connectivity index (χ0v) is 25.9. The number of fused-ring (bicyclic) bond motifs is 8. The Morgan fingerprint density at radius 1 is 1.04 bits per heavy atom. The van der Waals surface area contributed by atoms with Gasteiger partial charge < -0.3 is 14.7 Å². The van der Waals surface area contributed by atoms with Crippen molar-refractivity contribution < 1.29 is 18.6 Å². The van der Waals surface area contributed by atoms with Gasteiger partial charge in [-0.1, -0.05) is 19.3 Å². The van der Waals surface area contributed by atoms with Gasteiger partial charge in [0.1, 0.15) is 29.8 Å². The summed E-state index contributed by atoms with van der Waals surface area (Å²) < 4.78 is 37.8. The lowest BCUT2D eigenvalue weighted by Crippen LogP contribution is -2.48. The lowest BCUT2D eigenvalue weighted by atomic mass is 9.86. The SMILES string of the molecule is Cc1cc2[nH]ncc2c2c1CCCCCC[C@]1(O)CCCN(C1)c1nc(OC[C@@]34CCCN3C[C@H](F)C4)nc3c(F)c-2ncc13. The number of rotatable bonds is 3. The Morgan fingerprint density at radius 3 is 2.80 bits per heavy atom. The van der Waals surface area contributed by atoms with Crippen LogP contribution in [0.25, 0.3) is 33.1 Å². The van der Waals surface area contributed by atoms with E-state index >= 15 is 4.39 Å². The van der Waals surface area contributed by atoms with Crippen LogP contribution >= 0.6 is 0 Å². The molecule has 1 aromatic carbocycles. The molecule has 0 amide bonds. The summed E-state index contributed by atoms with van der Waals surface area (Å²) in [5, 5.41) is 20.3. The van der Waals surface area contributed by atoms with Crippen LogP contribution in [-0.4, -0.2) is 85.3 Å². The minimum absolute atomic E-state index is 0.0743. The standard InChI is InChI=1S/C34H41F2N7O2/c1-21-14-26-24(17-38-41-26)27-23(21)8-4-2-3-5-10-34(44)11-7-12-42(19-34)31-25-16-37-30(27)28(36)29(25)39-32(40-31)45-20-33-9-6-13-43(33)18-22(35)15-33/h14,16-17,22,44H,2-13,15,18-20H2,1H3,(H,38,41)/t22-,33+,34+/m1/s1. The lowest BCUT2D eigenvalue weighted by molar-refractivity contribution is 0.0151. The maximum absolute atomic E-state index is 17.0. The Bertz CT molecular complexity index is 1760. The molecule has 45 heavy (non-hydrogen) atoms. The number of piperidine rings is 1. The minimum Gasteiger partial charge on any atom is -0.461 e. The van der Waals surface area contributed by atoms with Gasteiger partial charge in [0.25, 0.3) is 0 Å². The highest BCUT2D eigenvalue weighted by molar-refractivity contribution is 5.99. The summed E-state index contributed by atoms with van der Waals surface area (Å²) in [7, 11) is 0. The van der Waals surface area contributed by atoms with Gasteiger partial charge in [-0.2, -0.15) is 15.1 Å². The van der Waals surface area contributed by atoms with Crippen molar-refractivity contribution in [3.05, 3.63) is 35.4 Å². The molecule has 0 spiro atoms. The van der Waals surface area contributed by atoms with Gasteiger partial charge in [0, 0.05) is 43.2 Å². The van der Waals surface area contributed by atoms with E-state index in [1.807, 2.05) is 4.90 Å². The number of benzene rings is 1. The maximum atomic E-state index is 17.0. The van der Waals surface area contributed by atoms with Crippen LogP contribution in [-0.2, 0) is 6.42 Å². The Kier molecular flexibility index (Phi) is 7.16. The fraction of sp³-hybridized carbons (Fsp3) is 0.588. The van der Waals surface area contributed by atoms with Gasteiger partial charge in [-0.25, -0.2) is 8.78 Å². The van der Waals surface area contributed by atoms with Crippen LogP contribution in [0.4, 0.5) is 14.6 Å². The summed E-state index contributed by atoms with van der Waals surface area (Å²) in [4.78, 5) is 18.5. The van der Waals surface area contributed by atoms with E-state index in [1.165, 1.54) is 0 Å². The average Bonchev–Trinajstić information content (AvgIpc) is 3.72. The molecule has 6 bridgehead atoms. The fourth-order valence-corrected chi connectivity index (χ4v) is 8.62. The quantitative estimate of drug-likeness (QED) is 0.297. The van der Waals surface area contributed by atoms with Crippen molar-refractivity contribution in [1.82, 2.24) is 30.0 Å². The van der Waals surface area contributed by atoms with Crippen molar-refractivity contribution in [1.29, 1.82) is 0 Å². The third-order valence-corrected chi connectivity index (χ3v) is 10.9.